The SMILES string of the molecule is O=C(Nc1ncc2ccccn12)C(F)(F)F. The number of carbonyl (C=O) groups excluding carboxylic acids is 1. The fourth-order valence-electron chi connectivity index (χ4n) is 1.21. The summed E-state index contributed by atoms with van der Waals surface area (Å²) in [5.41, 5.74) is 0.597. The first-order valence-electron chi connectivity index (χ1n) is 4.29. The van der Waals surface area contributed by atoms with Crippen molar-refractivity contribution in [2.24, 2.45) is 0 Å². The summed E-state index contributed by atoms with van der Waals surface area (Å²) in [4.78, 5) is 14.4. The molecule has 2 aromatic rings. The molecule has 84 valence electrons. The van der Waals surface area contributed by atoms with Crippen LogP contribution < -0.4 is 5.32 Å². The maximum atomic E-state index is 12.0. The highest BCUT2D eigenvalue weighted by molar-refractivity contribution is 5.93. The molecular formula is C9H6F3N3O. The third-order valence-electron chi connectivity index (χ3n) is 1.92. The van der Waals surface area contributed by atoms with Gasteiger partial charge in [0, 0.05) is 6.20 Å². The second-order valence-corrected chi connectivity index (χ2v) is 3.03. The maximum Gasteiger partial charge on any atom is 0.471 e. The van der Waals surface area contributed by atoms with Gasteiger partial charge in [-0.1, -0.05) is 6.07 Å². The van der Waals surface area contributed by atoms with Gasteiger partial charge in [-0.25, -0.2) is 4.98 Å². The molecule has 0 radical (unpaired) electrons. The maximum absolute atomic E-state index is 12.0. The van der Waals surface area contributed by atoms with Crippen molar-refractivity contribution in [3.8, 4) is 0 Å². The molecule has 1 amide bonds. The van der Waals surface area contributed by atoms with Gasteiger partial charge in [0.1, 0.15) is 0 Å². The van der Waals surface area contributed by atoms with E-state index in [4.69, 9.17) is 0 Å². The molecule has 2 aromatic heterocycles. The summed E-state index contributed by atoms with van der Waals surface area (Å²) in [6.07, 6.45) is -2.04. The smallest absolute Gasteiger partial charge is 0.288 e. The predicted octanol–water partition coefficient (Wildman–Crippen LogP) is 1.84. The average Bonchev–Trinajstić information content (AvgIpc) is 2.61. The van der Waals surface area contributed by atoms with Crippen LogP contribution in [0.5, 0.6) is 0 Å². The molecule has 0 aliphatic heterocycles. The molecule has 0 aliphatic rings. The zero-order valence-corrected chi connectivity index (χ0v) is 7.82. The second kappa shape index (κ2) is 3.51. The van der Waals surface area contributed by atoms with Crippen molar-refractivity contribution < 1.29 is 18.0 Å². The van der Waals surface area contributed by atoms with E-state index in [1.54, 1.807) is 23.5 Å². The third kappa shape index (κ3) is 1.83. The summed E-state index contributed by atoms with van der Waals surface area (Å²) < 4.78 is 37.3. The molecule has 7 heteroatoms. The quantitative estimate of drug-likeness (QED) is 0.810. The lowest BCUT2D eigenvalue weighted by molar-refractivity contribution is -0.167. The van der Waals surface area contributed by atoms with Crippen molar-refractivity contribution in [2.45, 2.75) is 6.18 Å². The average molecular weight is 229 g/mol. The molecule has 1 N–H and O–H groups in total. The molecule has 0 atom stereocenters. The van der Waals surface area contributed by atoms with E-state index in [9.17, 15) is 18.0 Å². The van der Waals surface area contributed by atoms with Crippen molar-refractivity contribution in [3.63, 3.8) is 0 Å². The number of hydrogen-bond acceptors (Lipinski definition) is 2. The molecule has 0 aliphatic carbocycles. The number of pyridine rings is 1. The molecule has 0 fully saturated rings. The van der Waals surface area contributed by atoms with Crippen molar-refractivity contribution in [1.29, 1.82) is 0 Å². The van der Waals surface area contributed by atoms with Gasteiger partial charge in [0.15, 0.2) is 0 Å². The third-order valence-corrected chi connectivity index (χ3v) is 1.92. The molecule has 16 heavy (non-hydrogen) atoms. The predicted molar refractivity (Wildman–Crippen MR) is 49.9 cm³/mol. The number of alkyl halides is 3. The van der Waals surface area contributed by atoms with Crippen LogP contribution in [0.1, 0.15) is 0 Å². The van der Waals surface area contributed by atoms with Gasteiger partial charge < -0.3 is 0 Å². The number of imidazole rings is 1. The van der Waals surface area contributed by atoms with E-state index in [1.165, 1.54) is 16.8 Å². The fraction of sp³-hybridized carbons (Fsp3) is 0.111. The van der Waals surface area contributed by atoms with Crippen molar-refractivity contribution in [2.75, 3.05) is 5.32 Å². The molecule has 0 bridgehead atoms. The largest absolute Gasteiger partial charge is 0.471 e. The molecule has 0 saturated heterocycles. The molecule has 2 heterocycles. The van der Waals surface area contributed by atoms with Crippen molar-refractivity contribution in [3.05, 3.63) is 30.6 Å². The van der Waals surface area contributed by atoms with Gasteiger partial charge in [0.05, 0.1) is 11.7 Å². The molecule has 2 rings (SSSR count). The Balaban J connectivity index is 2.32. The van der Waals surface area contributed by atoms with E-state index < -0.39 is 12.1 Å². The van der Waals surface area contributed by atoms with Gasteiger partial charge in [-0.15, -0.1) is 0 Å². The fourth-order valence-corrected chi connectivity index (χ4v) is 1.21. The minimum atomic E-state index is -4.92. The molecule has 0 spiro atoms. The molecule has 4 nitrogen and oxygen atoms in total. The highest BCUT2D eigenvalue weighted by Crippen LogP contribution is 2.18. The number of nitrogens with zero attached hydrogens (tertiary/aromatic N) is 2. The summed E-state index contributed by atoms with van der Waals surface area (Å²) >= 11 is 0. The van der Waals surface area contributed by atoms with Crippen molar-refractivity contribution >= 4 is 17.4 Å². The number of nitrogens with one attached hydrogen (secondary N) is 1. The standard InChI is InChI=1S/C9H6F3N3O/c10-9(11,12)7(16)14-8-13-5-6-3-1-2-4-15(6)8/h1-5H,(H,13,14,16). The van der Waals surface area contributed by atoms with Gasteiger partial charge >= 0.3 is 12.1 Å². The lowest BCUT2D eigenvalue weighted by Gasteiger charge is -2.06. The van der Waals surface area contributed by atoms with Crippen LogP contribution in [0, 0.1) is 0 Å². The van der Waals surface area contributed by atoms with Crippen molar-refractivity contribution in [1.82, 2.24) is 9.38 Å². The number of amides is 1. The van der Waals surface area contributed by atoms with E-state index in [1.807, 2.05) is 0 Å². The Bertz CT molecular complexity index is 532. The lowest BCUT2D eigenvalue weighted by Crippen LogP contribution is -2.30. The topological polar surface area (TPSA) is 46.4 Å². The monoisotopic (exact) mass is 229 g/mol. The summed E-state index contributed by atoms with van der Waals surface area (Å²) in [5.74, 6) is -2.19. The summed E-state index contributed by atoms with van der Waals surface area (Å²) in [7, 11) is 0. The van der Waals surface area contributed by atoms with E-state index in [0.29, 0.717) is 5.52 Å². The van der Waals surface area contributed by atoms with Crippen LogP contribution in [-0.4, -0.2) is 21.5 Å². The highest BCUT2D eigenvalue weighted by Gasteiger charge is 2.39. The van der Waals surface area contributed by atoms with Gasteiger partial charge in [0.25, 0.3) is 0 Å². The Kier molecular flexibility index (Phi) is 2.30. The van der Waals surface area contributed by atoms with Crippen LogP contribution in [0.3, 0.4) is 0 Å². The number of aromatic nitrogens is 2. The number of hydrogen-bond donors (Lipinski definition) is 1. The van der Waals surface area contributed by atoms with Crippen LogP contribution in [0.4, 0.5) is 19.1 Å². The van der Waals surface area contributed by atoms with Crippen LogP contribution in [0.2, 0.25) is 0 Å². The van der Waals surface area contributed by atoms with Crippen LogP contribution in [-0.2, 0) is 4.79 Å². The molecular weight excluding hydrogens is 223 g/mol. The number of halogens is 3. The second-order valence-electron chi connectivity index (χ2n) is 3.03. The first kappa shape index (κ1) is 10.5. The Hall–Kier alpha value is -2.05. The van der Waals surface area contributed by atoms with Gasteiger partial charge in [-0.3, -0.25) is 14.5 Å². The minimum Gasteiger partial charge on any atom is -0.288 e. The van der Waals surface area contributed by atoms with Crippen LogP contribution in [0.15, 0.2) is 30.6 Å². The van der Waals surface area contributed by atoms with Crippen LogP contribution >= 0.6 is 0 Å². The van der Waals surface area contributed by atoms with Gasteiger partial charge in [0.2, 0.25) is 5.95 Å². The summed E-state index contributed by atoms with van der Waals surface area (Å²) in [5, 5.41) is 1.69. The number of fused-ring (bicyclic) bond motifs is 1. The minimum absolute atomic E-state index is 0.155. The summed E-state index contributed by atoms with van der Waals surface area (Å²) in [6, 6.07) is 5.00. The molecule has 0 aromatic carbocycles. The van der Waals surface area contributed by atoms with Crippen LogP contribution in [0.25, 0.3) is 5.52 Å². The first-order valence-corrected chi connectivity index (χ1v) is 4.29. The van der Waals surface area contributed by atoms with Gasteiger partial charge in [-0.05, 0) is 12.1 Å². The Labute approximate surface area is 87.7 Å². The van der Waals surface area contributed by atoms with E-state index >= 15 is 0 Å². The number of rotatable bonds is 1. The lowest BCUT2D eigenvalue weighted by atomic mass is 10.4. The Morgan fingerprint density at radius 3 is 2.81 bits per heavy atom. The summed E-state index contributed by atoms with van der Waals surface area (Å²) in [6.45, 7) is 0. The molecule has 0 saturated carbocycles. The Morgan fingerprint density at radius 2 is 2.12 bits per heavy atom. The number of anilines is 1. The highest BCUT2D eigenvalue weighted by atomic mass is 19.4. The van der Waals surface area contributed by atoms with Gasteiger partial charge in [-0.2, -0.15) is 13.2 Å². The van der Waals surface area contributed by atoms with E-state index in [0.717, 1.165) is 0 Å². The van der Waals surface area contributed by atoms with E-state index in [2.05, 4.69) is 4.98 Å². The first-order chi connectivity index (χ1) is 7.48. The molecule has 0 unspecified atom stereocenters. The zero-order chi connectivity index (χ0) is 11.8. The van der Waals surface area contributed by atoms with E-state index in [-0.39, 0.29) is 5.95 Å². The Morgan fingerprint density at radius 1 is 1.38 bits per heavy atom. The zero-order valence-electron chi connectivity index (χ0n) is 7.82. The number of carbonyl (C=O) groups is 1. The normalized spacial score (nSPS) is 11.7.